The van der Waals surface area contributed by atoms with E-state index in [1.807, 2.05) is 12.1 Å². The Morgan fingerprint density at radius 2 is 1.60 bits per heavy atom. The molecular weight excluding hydrogens is 268 g/mol. The Labute approximate surface area is 125 Å². The third-order valence-corrected chi connectivity index (χ3v) is 4.03. The number of halogens is 1. The molecule has 0 amide bonds. The van der Waals surface area contributed by atoms with Gasteiger partial charge in [0.15, 0.2) is 0 Å². The Morgan fingerprint density at radius 3 is 2.30 bits per heavy atom. The van der Waals surface area contributed by atoms with Crippen molar-refractivity contribution in [3.8, 4) is 0 Å². The van der Waals surface area contributed by atoms with Gasteiger partial charge in [-0.2, -0.15) is 0 Å². The molecule has 0 aromatic heterocycles. The van der Waals surface area contributed by atoms with E-state index in [9.17, 15) is 0 Å². The highest BCUT2D eigenvalue weighted by atomic mass is 35.5. The molecule has 3 heteroatoms. The van der Waals surface area contributed by atoms with Gasteiger partial charge in [0.05, 0.1) is 6.04 Å². The highest BCUT2D eigenvalue weighted by Gasteiger charge is 2.23. The molecule has 0 aliphatic carbocycles. The lowest BCUT2D eigenvalue weighted by Gasteiger charge is -2.35. The van der Waals surface area contributed by atoms with Gasteiger partial charge in [-0.05, 0) is 23.3 Å². The number of benzene rings is 2. The lowest BCUT2D eigenvalue weighted by Crippen LogP contribution is -2.45. The number of rotatable bonds is 3. The van der Waals surface area contributed by atoms with E-state index in [1.165, 1.54) is 11.1 Å². The molecule has 0 radical (unpaired) electrons. The molecule has 2 nitrogen and oxygen atoms in total. The fourth-order valence-corrected chi connectivity index (χ4v) is 3.07. The predicted molar refractivity (Wildman–Crippen MR) is 84.2 cm³/mol. The van der Waals surface area contributed by atoms with Gasteiger partial charge < -0.3 is 5.32 Å². The lowest BCUT2D eigenvalue weighted by molar-refractivity contribution is 0.198. The zero-order valence-electron chi connectivity index (χ0n) is 11.4. The Morgan fingerprint density at radius 1 is 0.900 bits per heavy atom. The van der Waals surface area contributed by atoms with E-state index < -0.39 is 0 Å². The average Bonchev–Trinajstić information content (AvgIpc) is 2.50. The summed E-state index contributed by atoms with van der Waals surface area (Å²) in [4.78, 5) is 2.53. The fourth-order valence-electron chi connectivity index (χ4n) is 2.87. The van der Waals surface area contributed by atoms with Gasteiger partial charge in [0.1, 0.15) is 0 Å². The predicted octanol–water partition coefficient (Wildman–Crippen LogP) is 3.33. The molecule has 104 valence electrons. The summed E-state index contributed by atoms with van der Waals surface area (Å²) in [5.74, 6) is 0. The highest BCUT2D eigenvalue weighted by molar-refractivity contribution is 6.30. The summed E-state index contributed by atoms with van der Waals surface area (Å²) >= 11 is 6.18. The van der Waals surface area contributed by atoms with Crippen molar-refractivity contribution in [1.82, 2.24) is 10.2 Å². The van der Waals surface area contributed by atoms with Crippen LogP contribution in [0.3, 0.4) is 0 Å². The van der Waals surface area contributed by atoms with Gasteiger partial charge in [0.2, 0.25) is 0 Å². The van der Waals surface area contributed by atoms with Crippen LogP contribution in [0.5, 0.6) is 0 Å². The number of hydrogen-bond donors (Lipinski definition) is 1. The van der Waals surface area contributed by atoms with Crippen molar-refractivity contribution in [3.63, 3.8) is 0 Å². The quantitative estimate of drug-likeness (QED) is 0.931. The first-order chi connectivity index (χ1) is 9.84. The number of nitrogens with one attached hydrogen (secondary N) is 1. The largest absolute Gasteiger partial charge is 0.314 e. The van der Waals surface area contributed by atoms with Crippen LogP contribution < -0.4 is 5.32 Å². The van der Waals surface area contributed by atoms with E-state index in [2.05, 4.69) is 52.7 Å². The molecule has 1 aliphatic rings. The second-order valence-electron chi connectivity index (χ2n) is 5.15. The third kappa shape index (κ3) is 3.04. The maximum absolute atomic E-state index is 6.18. The number of nitrogens with zero attached hydrogens (tertiary/aromatic N) is 1. The van der Waals surface area contributed by atoms with Crippen LogP contribution in [-0.4, -0.2) is 31.1 Å². The fraction of sp³-hybridized carbons (Fsp3) is 0.294. The van der Waals surface area contributed by atoms with Gasteiger partial charge in [-0.25, -0.2) is 0 Å². The molecular formula is C17H19ClN2. The van der Waals surface area contributed by atoms with Crippen molar-refractivity contribution < 1.29 is 0 Å². The molecule has 1 saturated heterocycles. The van der Waals surface area contributed by atoms with Gasteiger partial charge in [-0.15, -0.1) is 0 Å². The molecule has 3 rings (SSSR count). The molecule has 1 aliphatic heterocycles. The summed E-state index contributed by atoms with van der Waals surface area (Å²) in [6.45, 7) is 4.21. The second kappa shape index (κ2) is 6.40. The third-order valence-electron chi connectivity index (χ3n) is 3.80. The number of piperazine rings is 1. The van der Waals surface area contributed by atoms with Crippen molar-refractivity contribution in [1.29, 1.82) is 0 Å². The minimum atomic E-state index is 0.289. The van der Waals surface area contributed by atoms with E-state index in [0.717, 1.165) is 31.2 Å². The van der Waals surface area contributed by atoms with Gasteiger partial charge in [-0.3, -0.25) is 4.90 Å². The monoisotopic (exact) mass is 286 g/mol. The first-order valence-electron chi connectivity index (χ1n) is 7.10. The summed E-state index contributed by atoms with van der Waals surface area (Å²) < 4.78 is 0. The van der Waals surface area contributed by atoms with Crippen LogP contribution in [-0.2, 0) is 0 Å². The molecule has 2 aromatic carbocycles. The molecule has 0 spiro atoms. The van der Waals surface area contributed by atoms with E-state index in [-0.39, 0.29) is 6.04 Å². The van der Waals surface area contributed by atoms with Crippen LogP contribution in [0.15, 0.2) is 54.6 Å². The van der Waals surface area contributed by atoms with Crippen LogP contribution in [0.25, 0.3) is 0 Å². The second-order valence-corrected chi connectivity index (χ2v) is 5.59. The molecule has 1 fully saturated rings. The van der Waals surface area contributed by atoms with Crippen molar-refractivity contribution in [3.05, 3.63) is 70.7 Å². The maximum Gasteiger partial charge on any atom is 0.0603 e. The van der Waals surface area contributed by atoms with Gasteiger partial charge >= 0.3 is 0 Å². The van der Waals surface area contributed by atoms with E-state index in [0.29, 0.717) is 0 Å². The lowest BCUT2D eigenvalue weighted by atomic mass is 9.96. The van der Waals surface area contributed by atoms with Crippen molar-refractivity contribution in [2.75, 3.05) is 26.2 Å². The topological polar surface area (TPSA) is 15.3 Å². The van der Waals surface area contributed by atoms with E-state index in [4.69, 9.17) is 11.6 Å². The van der Waals surface area contributed by atoms with Crippen molar-refractivity contribution >= 4 is 11.6 Å². The average molecular weight is 287 g/mol. The van der Waals surface area contributed by atoms with Crippen LogP contribution in [0.2, 0.25) is 5.02 Å². The maximum atomic E-state index is 6.18. The molecule has 1 heterocycles. The Hall–Kier alpha value is -1.35. The smallest absolute Gasteiger partial charge is 0.0603 e. The minimum Gasteiger partial charge on any atom is -0.314 e. The molecule has 1 unspecified atom stereocenters. The van der Waals surface area contributed by atoms with Crippen molar-refractivity contribution in [2.24, 2.45) is 0 Å². The highest BCUT2D eigenvalue weighted by Crippen LogP contribution is 2.30. The zero-order valence-corrected chi connectivity index (χ0v) is 12.2. The molecule has 20 heavy (non-hydrogen) atoms. The van der Waals surface area contributed by atoms with Gasteiger partial charge in [0, 0.05) is 31.2 Å². The summed E-state index contributed by atoms with van der Waals surface area (Å²) in [6.07, 6.45) is 0. The van der Waals surface area contributed by atoms with Gasteiger partial charge in [-0.1, -0.05) is 54.1 Å². The van der Waals surface area contributed by atoms with Crippen molar-refractivity contribution in [2.45, 2.75) is 6.04 Å². The minimum absolute atomic E-state index is 0.289. The first-order valence-corrected chi connectivity index (χ1v) is 7.47. The Kier molecular flexibility index (Phi) is 4.36. The normalized spacial score (nSPS) is 17.9. The van der Waals surface area contributed by atoms with Crippen LogP contribution in [0.4, 0.5) is 0 Å². The van der Waals surface area contributed by atoms with Gasteiger partial charge in [0.25, 0.3) is 0 Å². The van der Waals surface area contributed by atoms with E-state index >= 15 is 0 Å². The molecule has 0 bridgehead atoms. The summed E-state index contributed by atoms with van der Waals surface area (Å²) in [7, 11) is 0. The van der Waals surface area contributed by atoms with Crippen LogP contribution in [0.1, 0.15) is 17.2 Å². The Bertz CT molecular complexity index is 550. The molecule has 2 aromatic rings. The SMILES string of the molecule is Clc1cccc(C(c2ccccc2)N2CCNCC2)c1. The zero-order chi connectivity index (χ0) is 13.8. The Balaban J connectivity index is 1.98. The van der Waals surface area contributed by atoms with Crippen LogP contribution in [0, 0.1) is 0 Å². The standard InChI is InChI=1S/C17H19ClN2/c18-16-8-4-7-15(13-16)17(14-5-2-1-3-6-14)20-11-9-19-10-12-20/h1-8,13,17,19H,9-12H2. The first kappa shape index (κ1) is 13.6. The van der Waals surface area contributed by atoms with Crippen LogP contribution >= 0.6 is 11.6 Å². The summed E-state index contributed by atoms with van der Waals surface area (Å²) in [5, 5.41) is 4.22. The molecule has 1 N–H and O–H groups in total. The summed E-state index contributed by atoms with van der Waals surface area (Å²) in [5.41, 5.74) is 2.60. The molecule has 0 saturated carbocycles. The summed E-state index contributed by atoms with van der Waals surface area (Å²) in [6, 6.07) is 19.2. The number of hydrogen-bond acceptors (Lipinski definition) is 2. The van der Waals surface area contributed by atoms with E-state index in [1.54, 1.807) is 0 Å². The molecule has 1 atom stereocenters.